The fourth-order valence-corrected chi connectivity index (χ4v) is 4.75. The van der Waals surface area contributed by atoms with E-state index in [1.807, 2.05) is 42.9 Å². The smallest absolute Gasteiger partial charge is 0.251 e. The second-order valence-corrected chi connectivity index (χ2v) is 9.28. The third-order valence-corrected chi connectivity index (χ3v) is 6.50. The lowest BCUT2D eigenvalue weighted by Crippen LogP contribution is -2.36. The molecule has 180 valence electrons. The highest BCUT2D eigenvalue weighted by atomic mass is 16.5. The van der Waals surface area contributed by atoms with Gasteiger partial charge in [-0.2, -0.15) is 0 Å². The van der Waals surface area contributed by atoms with Crippen LogP contribution < -0.4 is 15.8 Å². The second-order valence-electron chi connectivity index (χ2n) is 9.28. The Morgan fingerprint density at radius 3 is 2.29 bits per heavy atom. The molecule has 0 aliphatic carbocycles. The summed E-state index contributed by atoms with van der Waals surface area (Å²) < 4.78 is 7.39. The van der Waals surface area contributed by atoms with E-state index in [0.717, 1.165) is 60.7 Å². The molecule has 0 radical (unpaired) electrons. The van der Waals surface area contributed by atoms with E-state index >= 15 is 0 Å². The van der Waals surface area contributed by atoms with E-state index < -0.39 is 0 Å². The standard InChI is InChI=1S/C29H32N4O2/c1-31(2)21-28(22-6-4-3-5-7-22)33-27-20-25(10-8-23(27)9-15-29(33)34)30-24-11-13-26(14-12-24)32-16-18-35-19-17-32/h3-15,20,28,30H,16-19,21H2,1-2H3. The molecule has 1 aromatic heterocycles. The molecule has 1 N–H and O–H groups in total. The van der Waals surface area contributed by atoms with Gasteiger partial charge in [0.1, 0.15) is 0 Å². The summed E-state index contributed by atoms with van der Waals surface area (Å²) in [7, 11) is 4.08. The number of morpholine rings is 1. The molecule has 0 saturated carbocycles. The second kappa shape index (κ2) is 10.3. The van der Waals surface area contributed by atoms with Crippen molar-refractivity contribution in [2.45, 2.75) is 6.04 Å². The van der Waals surface area contributed by atoms with Crippen molar-refractivity contribution in [2.24, 2.45) is 0 Å². The molecule has 2 heterocycles. The van der Waals surface area contributed by atoms with Crippen molar-refractivity contribution >= 4 is 28.0 Å². The van der Waals surface area contributed by atoms with Gasteiger partial charge in [0, 0.05) is 42.8 Å². The van der Waals surface area contributed by atoms with Crippen LogP contribution in [0.4, 0.5) is 17.1 Å². The van der Waals surface area contributed by atoms with Crippen LogP contribution >= 0.6 is 0 Å². The number of likely N-dealkylation sites (N-methyl/N-ethyl adjacent to an activating group) is 1. The number of rotatable bonds is 7. The SMILES string of the molecule is CN(C)CC(c1ccccc1)n1c(=O)ccc2ccc(Nc3ccc(N4CCOCC4)cc3)cc21. The predicted molar refractivity (Wildman–Crippen MR) is 144 cm³/mol. The van der Waals surface area contributed by atoms with Crippen molar-refractivity contribution in [3.05, 3.63) is 101 Å². The van der Waals surface area contributed by atoms with Crippen molar-refractivity contribution in [2.75, 3.05) is 57.2 Å². The van der Waals surface area contributed by atoms with Crippen molar-refractivity contribution in [1.82, 2.24) is 9.47 Å². The molecule has 1 unspecified atom stereocenters. The molecule has 5 rings (SSSR count). The summed E-state index contributed by atoms with van der Waals surface area (Å²) in [5, 5.41) is 4.56. The first-order valence-electron chi connectivity index (χ1n) is 12.1. The fourth-order valence-electron chi connectivity index (χ4n) is 4.75. The van der Waals surface area contributed by atoms with Gasteiger partial charge in [-0.3, -0.25) is 9.36 Å². The average Bonchev–Trinajstić information content (AvgIpc) is 2.89. The molecule has 1 aliphatic heterocycles. The number of nitrogens with zero attached hydrogens (tertiary/aromatic N) is 3. The van der Waals surface area contributed by atoms with Gasteiger partial charge in [0.05, 0.1) is 24.8 Å². The highest BCUT2D eigenvalue weighted by molar-refractivity contribution is 5.84. The maximum absolute atomic E-state index is 13.2. The number of hydrogen-bond donors (Lipinski definition) is 1. The van der Waals surface area contributed by atoms with E-state index in [1.165, 1.54) is 5.69 Å². The van der Waals surface area contributed by atoms with Gasteiger partial charge in [-0.25, -0.2) is 0 Å². The van der Waals surface area contributed by atoms with E-state index in [-0.39, 0.29) is 11.6 Å². The predicted octanol–water partition coefficient (Wildman–Crippen LogP) is 4.73. The minimum atomic E-state index is -0.0922. The molecular weight excluding hydrogens is 436 g/mol. The molecule has 6 heteroatoms. The number of fused-ring (bicyclic) bond motifs is 1. The summed E-state index contributed by atoms with van der Waals surface area (Å²) in [6, 6.07) is 28.5. The van der Waals surface area contributed by atoms with Crippen LogP contribution in [0.1, 0.15) is 11.6 Å². The van der Waals surface area contributed by atoms with Gasteiger partial charge in [0.15, 0.2) is 0 Å². The van der Waals surface area contributed by atoms with Crippen LogP contribution in [0, 0.1) is 0 Å². The first-order chi connectivity index (χ1) is 17.1. The third kappa shape index (κ3) is 5.24. The molecule has 6 nitrogen and oxygen atoms in total. The average molecular weight is 469 g/mol. The Morgan fingerprint density at radius 2 is 1.57 bits per heavy atom. The molecule has 1 atom stereocenters. The first-order valence-corrected chi connectivity index (χ1v) is 12.1. The Morgan fingerprint density at radius 1 is 0.886 bits per heavy atom. The van der Waals surface area contributed by atoms with Gasteiger partial charge in [-0.05, 0) is 67.5 Å². The molecule has 0 bridgehead atoms. The highest BCUT2D eigenvalue weighted by Gasteiger charge is 2.19. The van der Waals surface area contributed by atoms with Crippen LogP contribution in [0.15, 0.2) is 89.7 Å². The zero-order chi connectivity index (χ0) is 24.2. The largest absolute Gasteiger partial charge is 0.378 e. The summed E-state index contributed by atoms with van der Waals surface area (Å²) in [6.07, 6.45) is 0. The van der Waals surface area contributed by atoms with Crippen LogP contribution in [-0.4, -0.2) is 56.4 Å². The monoisotopic (exact) mass is 468 g/mol. The van der Waals surface area contributed by atoms with E-state index in [1.54, 1.807) is 6.07 Å². The number of nitrogens with one attached hydrogen (secondary N) is 1. The van der Waals surface area contributed by atoms with E-state index in [0.29, 0.717) is 0 Å². The van der Waals surface area contributed by atoms with E-state index in [9.17, 15) is 4.79 Å². The minimum Gasteiger partial charge on any atom is -0.378 e. The number of hydrogen-bond acceptors (Lipinski definition) is 5. The summed E-state index contributed by atoms with van der Waals surface area (Å²) in [6.45, 7) is 4.12. The van der Waals surface area contributed by atoms with E-state index in [2.05, 4.69) is 69.7 Å². The maximum Gasteiger partial charge on any atom is 0.251 e. The summed E-state index contributed by atoms with van der Waals surface area (Å²) >= 11 is 0. The molecule has 35 heavy (non-hydrogen) atoms. The lowest BCUT2D eigenvalue weighted by molar-refractivity contribution is 0.122. The van der Waals surface area contributed by atoms with Crippen molar-refractivity contribution in [3.8, 4) is 0 Å². The number of benzene rings is 3. The van der Waals surface area contributed by atoms with Gasteiger partial charge in [0.2, 0.25) is 0 Å². The van der Waals surface area contributed by atoms with Crippen LogP contribution in [0.2, 0.25) is 0 Å². The maximum atomic E-state index is 13.2. The Hall–Kier alpha value is -3.61. The number of anilines is 3. The molecule has 1 aliphatic rings. The lowest BCUT2D eigenvalue weighted by atomic mass is 10.0. The lowest BCUT2D eigenvalue weighted by Gasteiger charge is -2.29. The van der Waals surface area contributed by atoms with Gasteiger partial charge in [-0.1, -0.05) is 36.4 Å². The summed E-state index contributed by atoms with van der Waals surface area (Å²) in [5.74, 6) is 0. The zero-order valence-electron chi connectivity index (χ0n) is 20.4. The summed E-state index contributed by atoms with van der Waals surface area (Å²) in [5.41, 5.74) is 5.21. The Kier molecular flexibility index (Phi) is 6.84. The Labute approximate surface area is 206 Å². The van der Waals surface area contributed by atoms with Crippen molar-refractivity contribution < 1.29 is 4.74 Å². The van der Waals surface area contributed by atoms with Crippen LogP contribution in [0.5, 0.6) is 0 Å². The molecule has 1 saturated heterocycles. The normalized spacial score (nSPS) is 14.9. The third-order valence-electron chi connectivity index (χ3n) is 6.50. The van der Waals surface area contributed by atoms with Crippen LogP contribution in [0.3, 0.4) is 0 Å². The summed E-state index contributed by atoms with van der Waals surface area (Å²) in [4.78, 5) is 17.7. The Balaban J connectivity index is 1.48. The highest BCUT2D eigenvalue weighted by Crippen LogP contribution is 2.27. The quantitative estimate of drug-likeness (QED) is 0.425. The molecule has 3 aromatic carbocycles. The molecular formula is C29H32N4O2. The molecule has 0 spiro atoms. The molecule has 0 amide bonds. The van der Waals surface area contributed by atoms with Gasteiger partial charge >= 0.3 is 0 Å². The molecule has 4 aromatic rings. The number of aromatic nitrogens is 1. The first kappa shape index (κ1) is 23.1. The Bertz CT molecular complexity index is 1330. The number of ether oxygens (including phenoxy) is 1. The van der Waals surface area contributed by atoms with Gasteiger partial charge in [0.25, 0.3) is 5.56 Å². The molecule has 1 fully saturated rings. The van der Waals surface area contributed by atoms with Gasteiger partial charge < -0.3 is 19.9 Å². The van der Waals surface area contributed by atoms with E-state index in [4.69, 9.17) is 4.74 Å². The van der Waals surface area contributed by atoms with Crippen molar-refractivity contribution in [1.29, 1.82) is 0 Å². The van der Waals surface area contributed by atoms with Gasteiger partial charge in [-0.15, -0.1) is 0 Å². The topological polar surface area (TPSA) is 49.7 Å². The number of pyridine rings is 1. The van der Waals surface area contributed by atoms with Crippen LogP contribution in [-0.2, 0) is 4.74 Å². The van der Waals surface area contributed by atoms with Crippen molar-refractivity contribution in [3.63, 3.8) is 0 Å². The zero-order valence-corrected chi connectivity index (χ0v) is 20.4. The minimum absolute atomic E-state index is 0.000201. The fraction of sp³-hybridized carbons (Fsp3) is 0.276. The van der Waals surface area contributed by atoms with Crippen LogP contribution in [0.25, 0.3) is 10.9 Å².